The van der Waals surface area contributed by atoms with Gasteiger partial charge in [0.2, 0.25) is 0 Å². The molecule has 1 atom stereocenters. The molecule has 17 heavy (non-hydrogen) atoms. The fraction of sp³-hybridized carbons (Fsp3) is 0.583. The van der Waals surface area contributed by atoms with Crippen molar-refractivity contribution >= 4 is 11.8 Å². The molecular formula is C12H18N2O2S. The highest BCUT2D eigenvalue weighted by Crippen LogP contribution is 2.15. The zero-order chi connectivity index (χ0) is 11.9. The number of morpholine rings is 1. The van der Waals surface area contributed by atoms with E-state index in [1.807, 2.05) is 18.2 Å². The largest absolute Gasteiger partial charge is 0.391 e. The van der Waals surface area contributed by atoms with Crippen LogP contribution in [0, 0.1) is 0 Å². The van der Waals surface area contributed by atoms with Crippen LogP contribution in [0.25, 0.3) is 0 Å². The maximum absolute atomic E-state index is 9.93. The third kappa shape index (κ3) is 4.63. The lowest BCUT2D eigenvalue weighted by molar-refractivity contribution is 0.0188. The van der Waals surface area contributed by atoms with Crippen molar-refractivity contribution in [2.75, 3.05) is 38.6 Å². The van der Waals surface area contributed by atoms with E-state index in [4.69, 9.17) is 4.74 Å². The number of β-amino-alcohol motifs (C(OH)–C–C–N with tert-alkyl or cyclic N) is 1. The molecule has 1 N–H and O–H groups in total. The van der Waals surface area contributed by atoms with Crippen LogP contribution >= 0.6 is 11.8 Å². The van der Waals surface area contributed by atoms with Crippen LogP contribution in [0.3, 0.4) is 0 Å². The van der Waals surface area contributed by atoms with E-state index in [9.17, 15) is 5.11 Å². The Balaban J connectivity index is 1.68. The number of ether oxygens (including phenoxy) is 1. The zero-order valence-corrected chi connectivity index (χ0v) is 10.6. The molecule has 1 aromatic rings. The van der Waals surface area contributed by atoms with Gasteiger partial charge in [0.25, 0.3) is 0 Å². The number of thioether (sulfide) groups is 1. The summed E-state index contributed by atoms with van der Waals surface area (Å²) in [5.41, 5.74) is 0. The summed E-state index contributed by atoms with van der Waals surface area (Å²) < 4.78 is 5.27. The van der Waals surface area contributed by atoms with E-state index in [-0.39, 0.29) is 6.10 Å². The van der Waals surface area contributed by atoms with Crippen LogP contribution < -0.4 is 0 Å². The lowest BCUT2D eigenvalue weighted by Gasteiger charge is -2.28. The van der Waals surface area contributed by atoms with Crippen molar-refractivity contribution in [2.45, 2.75) is 11.1 Å². The number of hydrogen-bond acceptors (Lipinski definition) is 5. The molecule has 4 nitrogen and oxygen atoms in total. The normalized spacial score (nSPS) is 19.1. The van der Waals surface area contributed by atoms with Crippen molar-refractivity contribution in [3.8, 4) is 0 Å². The highest BCUT2D eigenvalue weighted by atomic mass is 32.2. The smallest absolute Gasteiger partial charge is 0.0960 e. The minimum absolute atomic E-state index is 0.305. The molecule has 1 aliphatic rings. The summed E-state index contributed by atoms with van der Waals surface area (Å²) in [6.07, 6.45) is 1.47. The number of hydrogen-bond donors (Lipinski definition) is 1. The van der Waals surface area contributed by atoms with Gasteiger partial charge in [0.05, 0.1) is 24.3 Å². The van der Waals surface area contributed by atoms with Gasteiger partial charge >= 0.3 is 0 Å². The molecule has 0 saturated carbocycles. The predicted octanol–water partition coefficient (Wildman–Crippen LogP) is 0.867. The molecule has 1 unspecified atom stereocenters. The number of aliphatic hydroxyl groups is 1. The summed E-state index contributed by atoms with van der Waals surface area (Å²) in [5, 5.41) is 10.9. The summed E-state index contributed by atoms with van der Waals surface area (Å²) in [6, 6.07) is 5.82. The first kappa shape index (κ1) is 12.8. The molecule has 2 rings (SSSR count). The van der Waals surface area contributed by atoms with Gasteiger partial charge in [-0.1, -0.05) is 6.07 Å². The number of pyridine rings is 1. The highest BCUT2D eigenvalue weighted by Gasteiger charge is 2.14. The molecule has 0 spiro atoms. The van der Waals surface area contributed by atoms with Gasteiger partial charge < -0.3 is 9.84 Å². The molecule has 1 aromatic heterocycles. The van der Waals surface area contributed by atoms with E-state index < -0.39 is 0 Å². The Morgan fingerprint density at radius 1 is 1.41 bits per heavy atom. The van der Waals surface area contributed by atoms with E-state index in [0.29, 0.717) is 5.75 Å². The van der Waals surface area contributed by atoms with E-state index in [0.717, 1.165) is 37.9 Å². The third-order valence-electron chi connectivity index (χ3n) is 2.63. The minimum atomic E-state index is -0.305. The fourth-order valence-corrected chi connectivity index (χ4v) is 2.53. The molecule has 1 aliphatic heterocycles. The van der Waals surface area contributed by atoms with Crippen molar-refractivity contribution in [1.29, 1.82) is 0 Å². The Kier molecular flexibility index (Phi) is 5.25. The maximum atomic E-state index is 9.93. The molecule has 1 saturated heterocycles. The second-order valence-electron chi connectivity index (χ2n) is 4.05. The van der Waals surface area contributed by atoms with Crippen molar-refractivity contribution in [1.82, 2.24) is 9.88 Å². The maximum Gasteiger partial charge on any atom is 0.0960 e. The molecule has 0 radical (unpaired) electrons. The van der Waals surface area contributed by atoms with Gasteiger partial charge in [-0.15, -0.1) is 11.8 Å². The Morgan fingerprint density at radius 3 is 2.94 bits per heavy atom. The number of aliphatic hydroxyl groups excluding tert-OH is 1. The van der Waals surface area contributed by atoms with Crippen LogP contribution in [0.1, 0.15) is 0 Å². The average molecular weight is 254 g/mol. The van der Waals surface area contributed by atoms with Gasteiger partial charge in [0.1, 0.15) is 0 Å². The number of nitrogens with zero attached hydrogens (tertiary/aromatic N) is 2. The first-order valence-corrected chi connectivity index (χ1v) is 6.85. The van der Waals surface area contributed by atoms with Crippen molar-refractivity contribution in [2.24, 2.45) is 0 Å². The van der Waals surface area contributed by atoms with E-state index >= 15 is 0 Å². The second-order valence-corrected chi connectivity index (χ2v) is 5.09. The van der Waals surface area contributed by atoms with Crippen molar-refractivity contribution in [3.05, 3.63) is 24.4 Å². The van der Waals surface area contributed by atoms with Crippen molar-refractivity contribution in [3.63, 3.8) is 0 Å². The highest BCUT2D eigenvalue weighted by molar-refractivity contribution is 7.99. The van der Waals surface area contributed by atoms with Crippen LogP contribution in [0.5, 0.6) is 0 Å². The molecular weight excluding hydrogens is 236 g/mol. The van der Waals surface area contributed by atoms with Crippen LogP contribution in [0.4, 0.5) is 0 Å². The number of rotatable bonds is 5. The molecule has 94 valence electrons. The first-order valence-electron chi connectivity index (χ1n) is 5.86. The molecule has 0 bridgehead atoms. The molecule has 5 heteroatoms. The summed E-state index contributed by atoms with van der Waals surface area (Å²) in [7, 11) is 0. The molecule has 0 aliphatic carbocycles. The van der Waals surface area contributed by atoms with Crippen LogP contribution in [0.2, 0.25) is 0 Å². The Bertz CT molecular complexity index is 318. The molecule has 2 heterocycles. The molecule has 1 fully saturated rings. The second kappa shape index (κ2) is 6.96. The van der Waals surface area contributed by atoms with Crippen molar-refractivity contribution < 1.29 is 9.84 Å². The predicted molar refractivity (Wildman–Crippen MR) is 68.2 cm³/mol. The monoisotopic (exact) mass is 254 g/mol. The van der Waals surface area contributed by atoms with Gasteiger partial charge in [-0.25, -0.2) is 4.98 Å². The fourth-order valence-electron chi connectivity index (χ4n) is 1.75. The quantitative estimate of drug-likeness (QED) is 0.790. The van der Waals surface area contributed by atoms with Gasteiger partial charge in [-0.3, -0.25) is 4.90 Å². The zero-order valence-electron chi connectivity index (χ0n) is 9.79. The lowest BCUT2D eigenvalue weighted by atomic mass is 10.3. The van der Waals surface area contributed by atoms with E-state index in [1.165, 1.54) is 0 Å². The van der Waals surface area contributed by atoms with Gasteiger partial charge in [-0.05, 0) is 12.1 Å². The minimum Gasteiger partial charge on any atom is -0.391 e. The van der Waals surface area contributed by atoms with Gasteiger partial charge in [0, 0.05) is 31.6 Å². The first-order chi connectivity index (χ1) is 8.34. The summed E-state index contributed by atoms with van der Waals surface area (Å²) in [5.74, 6) is 0.689. The average Bonchev–Trinajstić information content (AvgIpc) is 2.39. The topological polar surface area (TPSA) is 45.6 Å². The van der Waals surface area contributed by atoms with Gasteiger partial charge in [-0.2, -0.15) is 0 Å². The Hall–Kier alpha value is -0.620. The lowest BCUT2D eigenvalue weighted by Crippen LogP contribution is -2.41. The van der Waals surface area contributed by atoms with E-state index in [1.54, 1.807) is 18.0 Å². The van der Waals surface area contributed by atoms with Crippen LogP contribution in [-0.4, -0.2) is 59.7 Å². The Labute approximate surface area is 106 Å². The standard InChI is InChI=1S/C12H18N2O2S/c15-11(9-14-5-7-16-8-6-14)10-17-12-3-1-2-4-13-12/h1-4,11,15H,5-10H2. The Morgan fingerprint density at radius 2 is 2.24 bits per heavy atom. The molecule has 0 aromatic carbocycles. The SMILES string of the molecule is OC(CSc1ccccn1)CN1CCOCC1. The van der Waals surface area contributed by atoms with E-state index in [2.05, 4.69) is 9.88 Å². The summed E-state index contributed by atoms with van der Waals surface area (Å²) in [4.78, 5) is 6.46. The van der Waals surface area contributed by atoms with Crippen LogP contribution in [-0.2, 0) is 4.74 Å². The third-order valence-corrected chi connectivity index (χ3v) is 3.72. The van der Waals surface area contributed by atoms with Crippen LogP contribution in [0.15, 0.2) is 29.4 Å². The number of aromatic nitrogens is 1. The summed E-state index contributed by atoms with van der Waals surface area (Å²) in [6.45, 7) is 4.13. The van der Waals surface area contributed by atoms with Gasteiger partial charge in [0.15, 0.2) is 0 Å². The molecule has 0 amide bonds. The summed E-state index contributed by atoms with van der Waals surface area (Å²) >= 11 is 1.60.